The highest BCUT2D eigenvalue weighted by Gasteiger charge is 2.22. The molecule has 0 heterocycles. The van der Waals surface area contributed by atoms with E-state index in [-0.39, 0.29) is 10.5 Å². The van der Waals surface area contributed by atoms with Crippen LogP contribution in [0.15, 0.2) is 45.8 Å². The van der Waals surface area contributed by atoms with Crippen LogP contribution in [0.25, 0.3) is 0 Å². The predicted octanol–water partition coefficient (Wildman–Crippen LogP) is 4.26. The van der Waals surface area contributed by atoms with Gasteiger partial charge in [0.1, 0.15) is 0 Å². The lowest BCUT2D eigenvalue weighted by molar-refractivity contribution is 0.102. The maximum atomic E-state index is 12.4. The van der Waals surface area contributed by atoms with Gasteiger partial charge in [-0.2, -0.15) is 0 Å². The zero-order valence-electron chi connectivity index (χ0n) is 12.7. The molecule has 1 N–H and O–H groups in total. The third-order valence-electron chi connectivity index (χ3n) is 3.13. The number of halogens is 3. The van der Waals surface area contributed by atoms with Crippen molar-refractivity contribution in [1.29, 1.82) is 0 Å². The first-order valence-electron chi connectivity index (χ1n) is 6.61. The van der Waals surface area contributed by atoms with Crippen LogP contribution in [-0.4, -0.2) is 32.7 Å². The van der Waals surface area contributed by atoms with Crippen molar-refractivity contribution in [2.24, 2.45) is 0 Å². The van der Waals surface area contributed by atoms with E-state index in [0.29, 0.717) is 20.2 Å². The zero-order chi connectivity index (χ0) is 18.1. The van der Waals surface area contributed by atoms with Crippen molar-refractivity contribution in [3.05, 3.63) is 56.5 Å². The number of anilines is 1. The number of benzene rings is 2. The van der Waals surface area contributed by atoms with Gasteiger partial charge in [0.2, 0.25) is 10.0 Å². The highest BCUT2D eigenvalue weighted by atomic mass is 79.9. The van der Waals surface area contributed by atoms with Crippen molar-refractivity contribution in [3.8, 4) is 0 Å². The fourth-order valence-corrected chi connectivity index (χ4v) is 3.96. The van der Waals surface area contributed by atoms with E-state index in [4.69, 9.17) is 23.2 Å². The number of hydrogen-bond donors (Lipinski definition) is 1. The molecule has 0 bridgehead atoms. The smallest absolute Gasteiger partial charge is 0.255 e. The van der Waals surface area contributed by atoms with E-state index in [1.54, 1.807) is 12.1 Å². The van der Waals surface area contributed by atoms with Gasteiger partial charge in [-0.3, -0.25) is 4.79 Å². The summed E-state index contributed by atoms with van der Waals surface area (Å²) in [4.78, 5) is 12.4. The summed E-state index contributed by atoms with van der Waals surface area (Å²) in [7, 11) is -0.839. The lowest BCUT2D eigenvalue weighted by atomic mass is 10.2. The van der Waals surface area contributed by atoms with Crippen LogP contribution in [0.1, 0.15) is 10.4 Å². The molecule has 0 aliphatic heterocycles. The first-order chi connectivity index (χ1) is 11.1. The van der Waals surface area contributed by atoms with E-state index in [2.05, 4.69) is 21.2 Å². The van der Waals surface area contributed by atoms with Crippen LogP contribution in [0.2, 0.25) is 10.0 Å². The van der Waals surface area contributed by atoms with Gasteiger partial charge in [-0.25, -0.2) is 12.7 Å². The second-order valence-electron chi connectivity index (χ2n) is 5.02. The Kier molecular flexibility index (Phi) is 5.93. The normalized spacial score (nSPS) is 11.6. The van der Waals surface area contributed by atoms with E-state index in [0.717, 1.165) is 4.31 Å². The quantitative estimate of drug-likeness (QED) is 0.755. The monoisotopic (exact) mass is 450 g/mol. The first kappa shape index (κ1) is 19.2. The van der Waals surface area contributed by atoms with Crippen LogP contribution < -0.4 is 5.32 Å². The van der Waals surface area contributed by atoms with Gasteiger partial charge >= 0.3 is 0 Å². The number of rotatable bonds is 4. The van der Waals surface area contributed by atoms with Gasteiger partial charge in [0.15, 0.2) is 0 Å². The van der Waals surface area contributed by atoms with Crippen LogP contribution in [0.5, 0.6) is 0 Å². The Morgan fingerprint density at radius 3 is 2.33 bits per heavy atom. The summed E-state index contributed by atoms with van der Waals surface area (Å²) >= 11 is 14.9. The summed E-state index contributed by atoms with van der Waals surface area (Å²) < 4.78 is 26.1. The number of carbonyl (C=O) groups is 1. The number of nitrogens with zero attached hydrogens (tertiary/aromatic N) is 1. The molecule has 0 radical (unpaired) electrons. The molecule has 1 amide bonds. The SMILES string of the molecule is CN(C)S(=O)(=O)c1cc(C(=O)Nc2ccc(Cl)c(Cl)c2)ccc1Br. The molecule has 5 nitrogen and oxygen atoms in total. The number of carbonyl (C=O) groups excluding carboxylic acids is 1. The summed E-state index contributed by atoms with van der Waals surface area (Å²) in [6.07, 6.45) is 0. The molecule has 0 saturated heterocycles. The van der Waals surface area contributed by atoms with Crippen LogP contribution in [0.4, 0.5) is 5.69 Å². The lowest BCUT2D eigenvalue weighted by Gasteiger charge is -2.14. The van der Waals surface area contributed by atoms with Gasteiger partial charge in [0.05, 0.1) is 14.9 Å². The Bertz CT molecular complexity index is 902. The number of sulfonamides is 1. The Balaban J connectivity index is 2.35. The molecule has 128 valence electrons. The van der Waals surface area contributed by atoms with Gasteiger partial charge in [-0.1, -0.05) is 23.2 Å². The minimum atomic E-state index is -3.68. The predicted molar refractivity (Wildman–Crippen MR) is 99.4 cm³/mol. The van der Waals surface area contributed by atoms with Crippen molar-refractivity contribution in [2.75, 3.05) is 19.4 Å². The summed E-state index contributed by atoms with van der Waals surface area (Å²) in [6.45, 7) is 0. The van der Waals surface area contributed by atoms with Crippen molar-refractivity contribution in [3.63, 3.8) is 0 Å². The van der Waals surface area contributed by atoms with Crippen LogP contribution >= 0.6 is 39.1 Å². The van der Waals surface area contributed by atoms with Crippen LogP contribution in [-0.2, 0) is 10.0 Å². The van der Waals surface area contributed by atoms with Crippen molar-refractivity contribution in [2.45, 2.75) is 4.90 Å². The van der Waals surface area contributed by atoms with Crippen LogP contribution in [0.3, 0.4) is 0 Å². The van der Waals surface area contributed by atoms with Crippen molar-refractivity contribution in [1.82, 2.24) is 4.31 Å². The van der Waals surface area contributed by atoms with Gasteiger partial charge in [-0.15, -0.1) is 0 Å². The largest absolute Gasteiger partial charge is 0.322 e. The maximum Gasteiger partial charge on any atom is 0.255 e. The first-order valence-corrected chi connectivity index (χ1v) is 9.60. The molecule has 0 aliphatic carbocycles. The minimum Gasteiger partial charge on any atom is -0.322 e. The van der Waals surface area contributed by atoms with Crippen LogP contribution in [0, 0.1) is 0 Å². The highest BCUT2D eigenvalue weighted by Crippen LogP contribution is 2.27. The highest BCUT2D eigenvalue weighted by molar-refractivity contribution is 9.10. The van der Waals surface area contributed by atoms with Crippen molar-refractivity contribution >= 4 is 60.7 Å². The molecule has 0 aromatic heterocycles. The molecule has 2 aromatic carbocycles. The van der Waals surface area contributed by atoms with E-state index in [1.165, 1.54) is 38.4 Å². The van der Waals surface area contributed by atoms with Crippen molar-refractivity contribution < 1.29 is 13.2 Å². The molecule has 0 fully saturated rings. The minimum absolute atomic E-state index is 0.00860. The lowest BCUT2D eigenvalue weighted by Crippen LogP contribution is -2.23. The summed E-state index contributed by atoms with van der Waals surface area (Å²) in [5.74, 6) is -0.462. The molecular formula is C15H13BrCl2N2O3S. The molecule has 0 unspecified atom stereocenters. The average molecular weight is 452 g/mol. The van der Waals surface area contributed by atoms with Gasteiger partial charge in [-0.05, 0) is 52.3 Å². The second-order valence-corrected chi connectivity index (χ2v) is 8.80. The fraction of sp³-hybridized carbons (Fsp3) is 0.133. The van der Waals surface area contributed by atoms with E-state index in [1.807, 2.05) is 0 Å². The summed E-state index contributed by atoms with van der Waals surface area (Å²) in [6, 6.07) is 9.02. The molecule has 2 aromatic rings. The average Bonchev–Trinajstić information content (AvgIpc) is 2.51. The molecular weight excluding hydrogens is 439 g/mol. The fourth-order valence-electron chi connectivity index (χ4n) is 1.82. The molecule has 2 rings (SSSR count). The van der Waals surface area contributed by atoms with E-state index < -0.39 is 15.9 Å². The number of amides is 1. The van der Waals surface area contributed by atoms with Gasteiger partial charge in [0.25, 0.3) is 5.91 Å². The standard InChI is InChI=1S/C15H13BrCl2N2O3S/c1-20(2)24(22,23)14-7-9(3-5-11(14)16)15(21)19-10-4-6-12(17)13(18)8-10/h3-8H,1-2H3,(H,19,21). The molecule has 0 aliphatic rings. The Hall–Kier alpha value is -1.12. The molecule has 9 heteroatoms. The Morgan fingerprint density at radius 1 is 1.08 bits per heavy atom. The third-order valence-corrected chi connectivity index (χ3v) is 6.68. The Labute approximate surface area is 158 Å². The number of hydrogen-bond acceptors (Lipinski definition) is 3. The van der Waals surface area contributed by atoms with E-state index in [9.17, 15) is 13.2 Å². The second kappa shape index (κ2) is 7.41. The molecule has 24 heavy (non-hydrogen) atoms. The van der Waals surface area contributed by atoms with Gasteiger partial charge < -0.3 is 5.32 Å². The molecule has 0 atom stereocenters. The molecule has 0 saturated carbocycles. The maximum absolute atomic E-state index is 12.4. The topological polar surface area (TPSA) is 66.5 Å². The number of nitrogens with one attached hydrogen (secondary N) is 1. The van der Waals surface area contributed by atoms with Gasteiger partial charge in [0, 0.05) is 29.8 Å². The zero-order valence-corrected chi connectivity index (χ0v) is 16.6. The summed E-state index contributed by atoms with van der Waals surface area (Å²) in [5.41, 5.74) is 0.652. The van der Waals surface area contributed by atoms with E-state index >= 15 is 0 Å². The third kappa shape index (κ3) is 4.10. The Morgan fingerprint density at radius 2 is 1.75 bits per heavy atom. The summed E-state index contributed by atoms with van der Waals surface area (Å²) in [5, 5.41) is 3.33. The molecule has 0 spiro atoms.